The van der Waals surface area contributed by atoms with Crippen molar-refractivity contribution < 1.29 is 14.4 Å². The van der Waals surface area contributed by atoms with E-state index < -0.39 is 0 Å². The van der Waals surface area contributed by atoms with Crippen molar-refractivity contribution in [3.05, 3.63) is 65.2 Å². The Morgan fingerprint density at radius 2 is 1.71 bits per heavy atom. The predicted octanol–water partition coefficient (Wildman–Crippen LogP) is 2.58. The van der Waals surface area contributed by atoms with Crippen molar-refractivity contribution in [2.45, 2.75) is 6.54 Å². The van der Waals surface area contributed by atoms with E-state index in [4.69, 9.17) is 0 Å². The van der Waals surface area contributed by atoms with Crippen LogP contribution in [-0.2, 0) is 6.54 Å². The lowest BCUT2D eigenvalue weighted by molar-refractivity contribution is 0.0693. The minimum absolute atomic E-state index is 0.288. The molecule has 0 unspecified atom stereocenters. The molecule has 1 aliphatic heterocycles. The van der Waals surface area contributed by atoms with Crippen molar-refractivity contribution in [3.63, 3.8) is 0 Å². The van der Waals surface area contributed by atoms with Crippen LogP contribution in [0.5, 0.6) is 0 Å². The Balaban J connectivity index is 1.72. The number of hydrogen-bond donors (Lipinski definition) is 1. The van der Waals surface area contributed by atoms with Gasteiger partial charge in [-0.25, -0.2) is 4.79 Å². The summed E-state index contributed by atoms with van der Waals surface area (Å²) in [6.45, 7) is 0.470. The summed E-state index contributed by atoms with van der Waals surface area (Å²) in [4.78, 5) is 38.8. The lowest BCUT2D eigenvalue weighted by Crippen LogP contribution is -2.30. The first kappa shape index (κ1) is 15.7. The predicted molar refractivity (Wildman–Crippen MR) is 89.8 cm³/mol. The number of nitrogens with one attached hydrogen (secondary N) is 1. The summed E-state index contributed by atoms with van der Waals surface area (Å²) in [5.74, 6) is -0.683. The average molecular weight is 323 g/mol. The number of carbonyl (C=O) groups is 3. The van der Waals surface area contributed by atoms with E-state index in [1.165, 1.54) is 13.1 Å². The number of imide groups is 1. The molecule has 0 spiro atoms. The highest BCUT2D eigenvalue weighted by Gasteiger charge is 2.32. The summed E-state index contributed by atoms with van der Waals surface area (Å²) in [5, 5.41) is 2.75. The van der Waals surface area contributed by atoms with Crippen LogP contribution in [-0.4, -0.2) is 41.7 Å². The zero-order valence-electron chi connectivity index (χ0n) is 13.4. The summed E-state index contributed by atoms with van der Waals surface area (Å²) >= 11 is 0. The Labute approximate surface area is 139 Å². The Hall–Kier alpha value is -3.15. The highest BCUT2D eigenvalue weighted by Crippen LogP contribution is 2.24. The van der Waals surface area contributed by atoms with E-state index in [0.29, 0.717) is 23.4 Å². The third-order valence-corrected chi connectivity index (χ3v) is 3.95. The minimum Gasteiger partial charge on any atom is -0.323 e. The molecule has 24 heavy (non-hydrogen) atoms. The third kappa shape index (κ3) is 2.86. The van der Waals surface area contributed by atoms with Crippen LogP contribution in [0.1, 0.15) is 26.3 Å². The van der Waals surface area contributed by atoms with E-state index >= 15 is 0 Å². The van der Waals surface area contributed by atoms with Crippen molar-refractivity contribution in [1.29, 1.82) is 0 Å². The molecule has 0 saturated heterocycles. The van der Waals surface area contributed by atoms with Crippen LogP contribution < -0.4 is 5.32 Å². The summed E-state index contributed by atoms with van der Waals surface area (Å²) in [5.41, 5.74) is 2.17. The van der Waals surface area contributed by atoms with Crippen molar-refractivity contribution in [2.24, 2.45) is 0 Å². The van der Waals surface area contributed by atoms with Crippen LogP contribution >= 0.6 is 0 Å². The largest absolute Gasteiger partial charge is 0.323 e. The van der Waals surface area contributed by atoms with Gasteiger partial charge in [-0.2, -0.15) is 0 Å². The maximum absolute atomic E-state index is 12.3. The number of rotatable bonds is 3. The molecule has 0 aromatic heterocycles. The van der Waals surface area contributed by atoms with Gasteiger partial charge in [0.15, 0.2) is 0 Å². The highest BCUT2D eigenvalue weighted by molar-refractivity contribution is 6.21. The van der Waals surface area contributed by atoms with Crippen LogP contribution in [0.2, 0.25) is 0 Å². The monoisotopic (exact) mass is 323 g/mol. The zero-order valence-corrected chi connectivity index (χ0v) is 13.4. The highest BCUT2D eigenvalue weighted by atomic mass is 16.2. The number of benzene rings is 2. The van der Waals surface area contributed by atoms with E-state index in [-0.39, 0.29) is 17.8 Å². The van der Waals surface area contributed by atoms with Crippen molar-refractivity contribution >= 4 is 23.5 Å². The number of anilines is 1. The van der Waals surface area contributed by atoms with Gasteiger partial charge in [-0.15, -0.1) is 0 Å². The molecule has 0 radical (unpaired) electrons. The first-order chi connectivity index (χ1) is 11.5. The molecule has 1 N–H and O–H groups in total. The zero-order chi connectivity index (χ0) is 17.3. The van der Waals surface area contributed by atoms with Crippen LogP contribution in [0, 0.1) is 0 Å². The van der Waals surface area contributed by atoms with Gasteiger partial charge in [-0.05, 0) is 23.8 Å². The molecule has 2 aromatic carbocycles. The molecule has 3 rings (SSSR count). The lowest BCUT2D eigenvalue weighted by atomic mass is 10.1. The Morgan fingerprint density at radius 3 is 2.42 bits per heavy atom. The molecule has 0 atom stereocenters. The van der Waals surface area contributed by atoms with Crippen LogP contribution in [0.15, 0.2) is 48.5 Å². The molecule has 0 bridgehead atoms. The molecule has 0 fully saturated rings. The summed E-state index contributed by atoms with van der Waals surface area (Å²) in [7, 11) is 3.13. The second kappa shape index (κ2) is 6.16. The minimum atomic E-state index is -0.358. The fourth-order valence-corrected chi connectivity index (χ4v) is 2.59. The lowest BCUT2D eigenvalue weighted by Gasteiger charge is -2.18. The van der Waals surface area contributed by atoms with Gasteiger partial charge in [0, 0.05) is 26.3 Å². The quantitative estimate of drug-likeness (QED) is 0.883. The molecular formula is C18H17N3O3. The summed E-state index contributed by atoms with van der Waals surface area (Å²) in [6.07, 6.45) is 0. The van der Waals surface area contributed by atoms with Gasteiger partial charge >= 0.3 is 6.03 Å². The smallest absolute Gasteiger partial charge is 0.321 e. The number of fused-ring (bicyclic) bond motifs is 1. The van der Waals surface area contributed by atoms with E-state index in [2.05, 4.69) is 5.32 Å². The van der Waals surface area contributed by atoms with Gasteiger partial charge in [0.05, 0.1) is 11.1 Å². The van der Waals surface area contributed by atoms with Gasteiger partial charge < -0.3 is 10.2 Å². The Bertz CT molecular complexity index is 818. The number of hydrogen-bond acceptors (Lipinski definition) is 3. The number of urea groups is 1. The molecular weight excluding hydrogens is 306 g/mol. The van der Waals surface area contributed by atoms with Gasteiger partial charge in [0.2, 0.25) is 0 Å². The maximum atomic E-state index is 12.3. The molecule has 0 aliphatic carbocycles. The second-order valence-corrected chi connectivity index (χ2v) is 5.70. The fraction of sp³-hybridized carbons (Fsp3) is 0.167. The maximum Gasteiger partial charge on any atom is 0.321 e. The van der Waals surface area contributed by atoms with Crippen LogP contribution in [0.4, 0.5) is 10.5 Å². The SMILES string of the molecule is CN(Cc1ccccc1)C(=O)Nc1ccc2c(c1)C(=O)N(C)C2=O. The number of amides is 4. The second-order valence-electron chi connectivity index (χ2n) is 5.70. The van der Waals surface area contributed by atoms with E-state index in [1.54, 1.807) is 24.1 Å². The van der Waals surface area contributed by atoms with Crippen LogP contribution in [0.3, 0.4) is 0 Å². The standard InChI is InChI=1S/C18H17N3O3/c1-20(11-12-6-4-3-5-7-12)18(24)19-13-8-9-14-15(10-13)17(23)21(2)16(14)22/h3-10H,11H2,1-2H3,(H,19,24). The molecule has 1 heterocycles. The van der Waals surface area contributed by atoms with Gasteiger partial charge in [0.1, 0.15) is 0 Å². The van der Waals surface area contributed by atoms with Crippen molar-refractivity contribution in [3.8, 4) is 0 Å². The number of nitrogens with zero attached hydrogens (tertiary/aromatic N) is 2. The van der Waals surface area contributed by atoms with Gasteiger partial charge in [-0.3, -0.25) is 14.5 Å². The molecule has 0 saturated carbocycles. The molecule has 1 aliphatic rings. The fourth-order valence-electron chi connectivity index (χ4n) is 2.59. The molecule has 4 amide bonds. The van der Waals surface area contributed by atoms with Crippen LogP contribution in [0.25, 0.3) is 0 Å². The third-order valence-electron chi connectivity index (χ3n) is 3.95. The molecule has 122 valence electrons. The first-order valence-corrected chi connectivity index (χ1v) is 7.50. The van der Waals surface area contributed by atoms with Gasteiger partial charge in [0.25, 0.3) is 11.8 Å². The number of carbonyl (C=O) groups excluding carboxylic acids is 3. The summed E-state index contributed by atoms with van der Waals surface area (Å²) < 4.78 is 0. The molecule has 6 nitrogen and oxygen atoms in total. The summed E-state index contributed by atoms with van der Waals surface area (Å²) in [6, 6.07) is 14.1. The van der Waals surface area contributed by atoms with E-state index in [0.717, 1.165) is 10.5 Å². The van der Waals surface area contributed by atoms with Crippen molar-refractivity contribution in [1.82, 2.24) is 9.80 Å². The molecule has 6 heteroatoms. The normalized spacial score (nSPS) is 13.0. The Morgan fingerprint density at radius 1 is 1.04 bits per heavy atom. The molecule has 2 aromatic rings. The van der Waals surface area contributed by atoms with Crippen molar-refractivity contribution in [2.75, 3.05) is 19.4 Å². The van der Waals surface area contributed by atoms with E-state index in [9.17, 15) is 14.4 Å². The first-order valence-electron chi connectivity index (χ1n) is 7.50. The average Bonchev–Trinajstić information content (AvgIpc) is 2.80. The van der Waals surface area contributed by atoms with Gasteiger partial charge in [-0.1, -0.05) is 30.3 Å². The van der Waals surface area contributed by atoms with E-state index in [1.807, 2.05) is 30.3 Å². The topological polar surface area (TPSA) is 69.7 Å². The Kier molecular flexibility index (Phi) is 4.04.